The second-order valence-corrected chi connectivity index (χ2v) is 31.7. The van der Waals surface area contributed by atoms with Gasteiger partial charge in [-0.05, 0) is 81.4 Å². The highest BCUT2D eigenvalue weighted by Crippen LogP contribution is 2.77. The number of rotatable bonds is 7. The van der Waals surface area contributed by atoms with Crippen LogP contribution in [-0.2, 0) is 32.4 Å². The van der Waals surface area contributed by atoms with E-state index in [0.717, 1.165) is 5.57 Å². The Kier molecular flexibility index (Phi) is 8.16. The van der Waals surface area contributed by atoms with Gasteiger partial charge >= 0.3 is 5.97 Å². The van der Waals surface area contributed by atoms with E-state index in [0.29, 0.717) is 6.42 Å². The molecule has 0 aromatic carbocycles. The van der Waals surface area contributed by atoms with Crippen LogP contribution in [0.5, 0.6) is 0 Å². The lowest BCUT2D eigenvalue weighted by atomic mass is 9.61. The van der Waals surface area contributed by atoms with Crippen LogP contribution in [0, 0.1) is 29.1 Å². The summed E-state index contributed by atoms with van der Waals surface area (Å²) in [6.07, 6.45) is 2.33. The predicted octanol–water partition coefficient (Wildman–Crippen LogP) is 7.29. The van der Waals surface area contributed by atoms with E-state index in [1.165, 1.54) is 6.92 Å². The number of hydrogen-bond donors (Lipinski definition) is 0. The van der Waals surface area contributed by atoms with Crippen molar-refractivity contribution in [2.75, 3.05) is 0 Å². The highest BCUT2D eigenvalue weighted by atomic mass is 28.4. The van der Waals surface area contributed by atoms with Crippen LogP contribution in [0.2, 0.25) is 57.4 Å². The number of ketones is 2. The first-order valence-corrected chi connectivity index (χ1v) is 25.9. The molecule has 7 nitrogen and oxygen atoms in total. The van der Waals surface area contributed by atoms with Gasteiger partial charge in [-0.25, -0.2) is 0 Å². The number of allylic oxidation sites excluding steroid dienone is 1. The van der Waals surface area contributed by atoms with Crippen molar-refractivity contribution >= 4 is 42.5 Å². The average molecular weight is 651 g/mol. The molecule has 0 heterocycles. The fraction of sp³-hybridized carbons (Fsp3) is 0.848. The summed E-state index contributed by atoms with van der Waals surface area (Å²) in [5, 5.41) is -0.0545. The molecule has 3 saturated carbocycles. The summed E-state index contributed by atoms with van der Waals surface area (Å²) in [6.45, 7) is 33.9. The Morgan fingerprint density at radius 1 is 0.930 bits per heavy atom. The summed E-state index contributed by atoms with van der Waals surface area (Å²) in [7, 11) is -6.95. The minimum absolute atomic E-state index is 0.0104. The van der Waals surface area contributed by atoms with E-state index in [2.05, 4.69) is 93.9 Å². The van der Waals surface area contributed by atoms with Gasteiger partial charge in [-0.2, -0.15) is 0 Å². The quantitative estimate of drug-likeness (QED) is 0.211. The number of carbonyl (C=O) groups excluding carboxylic acids is 3. The number of Topliss-reactive ketones (excluding diaryl/α,β-unsaturated/α-hetero) is 1. The molecule has 0 radical (unpaired) electrons. The van der Waals surface area contributed by atoms with Gasteiger partial charge in [0.15, 0.2) is 42.1 Å². The minimum atomic E-state index is -2.39. The van der Waals surface area contributed by atoms with Crippen LogP contribution in [0.15, 0.2) is 11.6 Å². The number of carbonyl (C=O) groups is 3. The summed E-state index contributed by atoms with van der Waals surface area (Å²) in [4.78, 5) is 41.1. The molecule has 4 aliphatic carbocycles. The molecule has 0 aliphatic heterocycles. The van der Waals surface area contributed by atoms with E-state index in [9.17, 15) is 14.4 Å². The van der Waals surface area contributed by atoms with E-state index in [1.807, 2.05) is 6.92 Å². The molecular formula is C33H58O7Si3. The fourth-order valence-electron chi connectivity index (χ4n) is 8.81. The van der Waals surface area contributed by atoms with Gasteiger partial charge in [-0.3, -0.25) is 14.4 Å². The standard InChI is InChI=1S/C33H58O7Si3/c1-20-18-31(39-41(9,10)11)19-23(35)17-24(31)32(40-42(12,13)14)21(2)28(36)33(37-22(3)34)27(30(33,7)8)25(32)26(20)38-43(15,16)29(4,5)6/h17,20-21,25-27H,18-19H2,1-16H3/t20-,21-,25+,26-,27-,31+,32+,33-/m1/s1. The molecule has 10 heteroatoms. The van der Waals surface area contributed by atoms with E-state index in [-0.39, 0.29) is 46.9 Å². The van der Waals surface area contributed by atoms with Crippen molar-refractivity contribution in [1.29, 1.82) is 0 Å². The lowest BCUT2D eigenvalue weighted by Crippen LogP contribution is -2.67. The van der Waals surface area contributed by atoms with Crippen LogP contribution in [0.4, 0.5) is 0 Å². The van der Waals surface area contributed by atoms with Crippen molar-refractivity contribution in [3.63, 3.8) is 0 Å². The van der Waals surface area contributed by atoms with Gasteiger partial charge in [0.05, 0.1) is 23.2 Å². The van der Waals surface area contributed by atoms with Crippen molar-refractivity contribution in [2.24, 2.45) is 29.1 Å². The van der Waals surface area contributed by atoms with Gasteiger partial charge < -0.3 is 18.0 Å². The first-order valence-electron chi connectivity index (χ1n) is 16.2. The number of hydrogen-bond acceptors (Lipinski definition) is 7. The topological polar surface area (TPSA) is 88.1 Å². The zero-order valence-electron chi connectivity index (χ0n) is 29.7. The van der Waals surface area contributed by atoms with Crippen molar-refractivity contribution in [1.82, 2.24) is 0 Å². The zero-order chi connectivity index (χ0) is 33.1. The first kappa shape index (κ1) is 34.9. The highest BCUT2D eigenvalue weighted by molar-refractivity contribution is 6.74. The highest BCUT2D eigenvalue weighted by Gasteiger charge is 2.89. The van der Waals surface area contributed by atoms with Gasteiger partial charge in [0, 0.05) is 30.6 Å². The summed E-state index contributed by atoms with van der Waals surface area (Å²) >= 11 is 0. The number of ether oxygens (including phenoxy) is 1. The van der Waals surface area contributed by atoms with Gasteiger partial charge in [0.2, 0.25) is 0 Å². The third kappa shape index (κ3) is 5.27. The maximum Gasteiger partial charge on any atom is 0.303 e. The monoisotopic (exact) mass is 650 g/mol. The Bertz CT molecular complexity index is 1240. The van der Waals surface area contributed by atoms with Gasteiger partial charge in [-0.15, -0.1) is 0 Å². The van der Waals surface area contributed by atoms with Crippen LogP contribution < -0.4 is 0 Å². The molecule has 0 bridgehead atoms. The summed E-state index contributed by atoms with van der Waals surface area (Å²) in [5.41, 5.74) is -3.08. The first-order chi connectivity index (χ1) is 19.1. The largest absolute Gasteiger partial charge is 0.450 e. The normalized spacial score (nSPS) is 39.3. The van der Waals surface area contributed by atoms with Gasteiger partial charge in [-0.1, -0.05) is 48.5 Å². The predicted molar refractivity (Wildman–Crippen MR) is 177 cm³/mol. The van der Waals surface area contributed by atoms with Crippen molar-refractivity contribution in [2.45, 2.75) is 149 Å². The summed E-state index contributed by atoms with van der Waals surface area (Å²) in [6, 6.07) is 0. The molecule has 4 rings (SSSR count). The Hall–Kier alpha value is -0.919. The molecule has 43 heavy (non-hydrogen) atoms. The lowest BCUT2D eigenvalue weighted by molar-refractivity contribution is -0.177. The summed E-state index contributed by atoms with van der Waals surface area (Å²) in [5.74, 6) is -1.90. The van der Waals surface area contributed by atoms with Crippen LogP contribution in [0.3, 0.4) is 0 Å². The molecule has 0 aromatic heterocycles. The molecule has 0 unspecified atom stereocenters. The Morgan fingerprint density at radius 2 is 1.47 bits per heavy atom. The van der Waals surface area contributed by atoms with Crippen molar-refractivity contribution < 1.29 is 32.4 Å². The molecule has 8 atom stereocenters. The van der Waals surface area contributed by atoms with Crippen LogP contribution >= 0.6 is 0 Å². The molecule has 0 aromatic rings. The third-order valence-electron chi connectivity index (χ3n) is 11.1. The van der Waals surface area contributed by atoms with E-state index in [4.69, 9.17) is 18.0 Å². The average Bonchev–Trinajstić information content (AvgIpc) is 3.08. The zero-order valence-corrected chi connectivity index (χ0v) is 32.7. The van der Waals surface area contributed by atoms with Crippen molar-refractivity contribution in [3.05, 3.63) is 11.6 Å². The molecule has 0 saturated heterocycles. The Balaban J connectivity index is 2.13. The summed E-state index contributed by atoms with van der Waals surface area (Å²) < 4.78 is 28.3. The minimum Gasteiger partial charge on any atom is -0.450 e. The molecule has 0 N–H and O–H groups in total. The number of fused-ring (bicyclic) bond motifs is 5. The Morgan fingerprint density at radius 3 is 1.93 bits per heavy atom. The lowest BCUT2D eigenvalue weighted by Gasteiger charge is -2.56. The Labute approximate surface area is 263 Å². The van der Waals surface area contributed by atoms with E-state index < -0.39 is 59.1 Å². The molecule has 3 fully saturated rings. The second kappa shape index (κ2) is 10.0. The molecule has 244 valence electrons. The number of esters is 1. The maximum atomic E-state index is 14.9. The fourth-order valence-corrected chi connectivity index (χ4v) is 13.1. The van der Waals surface area contributed by atoms with Crippen LogP contribution in [-0.4, -0.2) is 65.4 Å². The van der Waals surface area contributed by atoms with Crippen molar-refractivity contribution in [3.8, 4) is 0 Å². The molecule has 4 aliphatic rings. The van der Waals surface area contributed by atoms with Gasteiger partial charge in [0.1, 0.15) is 0 Å². The van der Waals surface area contributed by atoms with Crippen LogP contribution in [0.1, 0.15) is 68.2 Å². The molecule has 0 spiro atoms. The smallest absolute Gasteiger partial charge is 0.303 e. The third-order valence-corrected chi connectivity index (χ3v) is 17.5. The molecule has 0 amide bonds. The second-order valence-electron chi connectivity index (χ2n) is 18.1. The maximum absolute atomic E-state index is 14.9. The molecular weight excluding hydrogens is 593 g/mol. The van der Waals surface area contributed by atoms with Gasteiger partial charge in [0.25, 0.3) is 0 Å². The SMILES string of the molecule is CC(=O)O[C@@]12C(=O)[C@@H](C)[C@]3(O[Si](C)(C)C)C4=CC(=O)C[C@@]4(O[Si](C)(C)C)C[C@@H](C)[C@@H](O[Si](C)(C)C(C)(C)C)[C@H]3[C@@H]1C2(C)C. The van der Waals surface area contributed by atoms with E-state index >= 15 is 0 Å². The van der Waals surface area contributed by atoms with E-state index in [1.54, 1.807) is 6.08 Å². The van der Waals surface area contributed by atoms with Crippen LogP contribution in [0.25, 0.3) is 0 Å².